The summed E-state index contributed by atoms with van der Waals surface area (Å²) in [5, 5.41) is 11.0. The fourth-order valence-electron chi connectivity index (χ4n) is 1.72. The molecule has 0 heterocycles. The average molecular weight is 263 g/mol. The van der Waals surface area contributed by atoms with Gasteiger partial charge in [-0.1, -0.05) is 29.8 Å². The molecule has 2 rings (SSSR count). The quantitative estimate of drug-likeness (QED) is 0.681. The van der Waals surface area contributed by atoms with Crippen molar-refractivity contribution < 1.29 is 4.92 Å². The Morgan fingerprint density at radius 2 is 2.00 bits per heavy atom. The van der Waals surface area contributed by atoms with Crippen LogP contribution in [0.5, 0.6) is 0 Å². The highest BCUT2D eigenvalue weighted by atomic mass is 35.5. The number of nitro groups is 1. The smallest absolute Gasteiger partial charge is 0.270 e. The van der Waals surface area contributed by atoms with Crippen molar-refractivity contribution in [3.63, 3.8) is 0 Å². The Kier molecular flexibility index (Phi) is 3.60. The first kappa shape index (κ1) is 12.5. The Morgan fingerprint density at radius 1 is 1.22 bits per heavy atom. The van der Waals surface area contributed by atoms with Crippen molar-refractivity contribution in [3.8, 4) is 11.1 Å². The SMILES string of the molecule is NCc1cccc(-c2ccc([N+](=O)[O-])cc2Cl)c1. The summed E-state index contributed by atoms with van der Waals surface area (Å²) in [7, 11) is 0. The average Bonchev–Trinajstić information content (AvgIpc) is 2.38. The normalized spacial score (nSPS) is 10.3. The lowest BCUT2D eigenvalue weighted by molar-refractivity contribution is -0.384. The molecule has 0 aliphatic rings. The topological polar surface area (TPSA) is 69.2 Å². The van der Waals surface area contributed by atoms with Crippen LogP contribution in [0.4, 0.5) is 5.69 Å². The van der Waals surface area contributed by atoms with E-state index in [9.17, 15) is 10.1 Å². The summed E-state index contributed by atoms with van der Waals surface area (Å²) in [4.78, 5) is 10.2. The maximum atomic E-state index is 10.6. The second kappa shape index (κ2) is 5.16. The third kappa shape index (κ3) is 2.50. The Labute approximate surface area is 109 Å². The molecule has 0 aromatic heterocycles. The Morgan fingerprint density at radius 3 is 2.61 bits per heavy atom. The summed E-state index contributed by atoms with van der Waals surface area (Å²) in [5.41, 5.74) is 8.21. The minimum atomic E-state index is -0.466. The van der Waals surface area contributed by atoms with Gasteiger partial charge in [-0.2, -0.15) is 0 Å². The number of hydrogen-bond donors (Lipinski definition) is 1. The summed E-state index contributed by atoms with van der Waals surface area (Å²) in [6, 6.07) is 12.1. The largest absolute Gasteiger partial charge is 0.326 e. The van der Waals surface area contributed by atoms with E-state index in [1.807, 2.05) is 24.3 Å². The van der Waals surface area contributed by atoms with E-state index in [0.29, 0.717) is 11.6 Å². The van der Waals surface area contributed by atoms with E-state index in [0.717, 1.165) is 16.7 Å². The van der Waals surface area contributed by atoms with Gasteiger partial charge in [0.15, 0.2) is 0 Å². The number of nitrogens with two attached hydrogens (primary N) is 1. The standard InChI is InChI=1S/C13H11ClN2O2/c14-13-7-11(16(17)18)4-5-12(13)10-3-1-2-9(6-10)8-15/h1-7H,8,15H2. The Hall–Kier alpha value is -1.91. The lowest BCUT2D eigenvalue weighted by Gasteiger charge is -2.06. The van der Waals surface area contributed by atoms with Crippen molar-refractivity contribution in [2.75, 3.05) is 0 Å². The minimum absolute atomic E-state index is 0.0151. The molecule has 0 unspecified atom stereocenters. The summed E-state index contributed by atoms with van der Waals surface area (Å²) >= 11 is 6.07. The lowest BCUT2D eigenvalue weighted by Crippen LogP contribution is -1.96. The highest BCUT2D eigenvalue weighted by Gasteiger charge is 2.10. The van der Waals surface area contributed by atoms with E-state index in [-0.39, 0.29) is 5.69 Å². The van der Waals surface area contributed by atoms with E-state index >= 15 is 0 Å². The molecule has 0 spiro atoms. The molecule has 0 aliphatic heterocycles. The van der Waals surface area contributed by atoms with Gasteiger partial charge in [-0.05, 0) is 23.3 Å². The molecule has 5 heteroatoms. The van der Waals surface area contributed by atoms with Crippen LogP contribution >= 0.6 is 11.6 Å². The van der Waals surface area contributed by atoms with Crippen LogP contribution in [0.1, 0.15) is 5.56 Å². The van der Waals surface area contributed by atoms with Crippen molar-refractivity contribution in [2.45, 2.75) is 6.54 Å². The van der Waals surface area contributed by atoms with Gasteiger partial charge in [-0.15, -0.1) is 0 Å². The van der Waals surface area contributed by atoms with Crippen molar-refractivity contribution in [1.82, 2.24) is 0 Å². The van der Waals surface area contributed by atoms with Crippen LogP contribution < -0.4 is 5.73 Å². The predicted molar refractivity (Wildman–Crippen MR) is 71.4 cm³/mol. The van der Waals surface area contributed by atoms with E-state index in [4.69, 9.17) is 17.3 Å². The zero-order chi connectivity index (χ0) is 13.1. The fraction of sp³-hybridized carbons (Fsp3) is 0.0769. The fourth-order valence-corrected chi connectivity index (χ4v) is 2.00. The molecule has 2 aromatic carbocycles. The van der Waals surface area contributed by atoms with Crippen molar-refractivity contribution in [2.24, 2.45) is 5.73 Å². The minimum Gasteiger partial charge on any atom is -0.326 e. The highest BCUT2D eigenvalue weighted by molar-refractivity contribution is 6.33. The van der Waals surface area contributed by atoms with Gasteiger partial charge in [0.2, 0.25) is 0 Å². The first-order valence-corrected chi connectivity index (χ1v) is 5.73. The number of hydrogen-bond acceptors (Lipinski definition) is 3. The van der Waals surface area contributed by atoms with E-state index in [2.05, 4.69) is 0 Å². The van der Waals surface area contributed by atoms with Gasteiger partial charge in [0, 0.05) is 24.2 Å². The summed E-state index contributed by atoms with van der Waals surface area (Å²) in [6.45, 7) is 0.443. The van der Waals surface area contributed by atoms with Crippen molar-refractivity contribution >= 4 is 17.3 Å². The number of benzene rings is 2. The molecule has 0 radical (unpaired) electrons. The Balaban J connectivity index is 2.47. The number of rotatable bonds is 3. The molecule has 0 bridgehead atoms. The van der Waals surface area contributed by atoms with Gasteiger partial charge >= 0.3 is 0 Å². The second-order valence-corrected chi connectivity index (χ2v) is 4.23. The third-order valence-electron chi connectivity index (χ3n) is 2.64. The van der Waals surface area contributed by atoms with Gasteiger partial charge in [0.25, 0.3) is 5.69 Å². The first-order valence-electron chi connectivity index (χ1n) is 5.35. The van der Waals surface area contributed by atoms with Gasteiger partial charge < -0.3 is 5.73 Å². The number of nitrogens with zero attached hydrogens (tertiary/aromatic N) is 1. The molecule has 92 valence electrons. The molecule has 2 aromatic rings. The monoisotopic (exact) mass is 262 g/mol. The van der Waals surface area contributed by atoms with Gasteiger partial charge in [-0.3, -0.25) is 10.1 Å². The molecule has 0 fully saturated rings. The first-order chi connectivity index (χ1) is 8.61. The molecule has 18 heavy (non-hydrogen) atoms. The highest BCUT2D eigenvalue weighted by Crippen LogP contribution is 2.31. The van der Waals surface area contributed by atoms with Crippen LogP contribution in [0.15, 0.2) is 42.5 Å². The maximum absolute atomic E-state index is 10.6. The molecule has 2 N–H and O–H groups in total. The van der Waals surface area contributed by atoms with E-state index in [1.165, 1.54) is 12.1 Å². The third-order valence-corrected chi connectivity index (χ3v) is 2.95. The van der Waals surface area contributed by atoms with Crippen LogP contribution in [0, 0.1) is 10.1 Å². The molecule has 0 atom stereocenters. The lowest BCUT2D eigenvalue weighted by atomic mass is 10.0. The second-order valence-electron chi connectivity index (χ2n) is 3.83. The van der Waals surface area contributed by atoms with Gasteiger partial charge in [0.05, 0.1) is 9.95 Å². The molecular formula is C13H11ClN2O2. The van der Waals surface area contributed by atoms with E-state index < -0.39 is 4.92 Å². The summed E-state index contributed by atoms with van der Waals surface area (Å²) in [6.07, 6.45) is 0. The zero-order valence-electron chi connectivity index (χ0n) is 9.47. The van der Waals surface area contributed by atoms with Gasteiger partial charge in [-0.25, -0.2) is 0 Å². The van der Waals surface area contributed by atoms with Crippen LogP contribution in [0.25, 0.3) is 11.1 Å². The molecule has 0 aliphatic carbocycles. The number of nitro benzene ring substituents is 1. The summed E-state index contributed by atoms with van der Waals surface area (Å²) < 4.78 is 0. The van der Waals surface area contributed by atoms with Crippen LogP contribution in [0.3, 0.4) is 0 Å². The number of halogens is 1. The van der Waals surface area contributed by atoms with Crippen molar-refractivity contribution in [1.29, 1.82) is 0 Å². The zero-order valence-corrected chi connectivity index (χ0v) is 10.2. The van der Waals surface area contributed by atoms with Gasteiger partial charge in [0.1, 0.15) is 0 Å². The van der Waals surface area contributed by atoms with Crippen LogP contribution in [-0.2, 0) is 6.54 Å². The van der Waals surface area contributed by atoms with E-state index in [1.54, 1.807) is 6.07 Å². The molecule has 4 nitrogen and oxygen atoms in total. The number of non-ortho nitro benzene ring substituents is 1. The van der Waals surface area contributed by atoms with Crippen LogP contribution in [0.2, 0.25) is 5.02 Å². The molecule has 0 saturated heterocycles. The summed E-state index contributed by atoms with van der Waals surface area (Å²) in [5.74, 6) is 0. The predicted octanol–water partition coefficient (Wildman–Crippen LogP) is 3.37. The molecular weight excluding hydrogens is 252 g/mol. The van der Waals surface area contributed by atoms with Crippen LogP contribution in [-0.4, -0.2) is 4.92 Å². The Bertz CT molecular complexity index is 599. The van der Waals surface area contributed by atoms with Crippen molar-refractivity contribution in [3.05, 3.63) is 63.2 Å². The molecule has 0 saturated carbocycles. The maximum Gasteiger partial charge on any atom is 0.270 e. The molecule has 0 amide bonds.